The van der Waals surface area contributed by atoms with Crippen LogP contribution in [0.2, 0.25) is 0 Å². The fraction of sp³-hybridized carbons (Fsp3) is 0.600. The summed E-state index contributed by atoms with van der Waals surface area (Å²) in [6.07, 6.45) is 16.7. The van der Waals surface area contributed by atoms with Gasteiger partial charge in [0, 0.05) is 0 Å². The molecular formula is C30H38IO6S2-. The molecule has 5 rings (SSSR count). The Morgan fingerprint density at radius 3 is 1.56 bits per heavy atom. The van der Waals surface area contributed by atoms with Crippen molar-refractivity contribution in [3.63, 3.8) is 0 Å². The molecule has 0 aliphatic heterocycles. The maximum atomic E-state index is 14.2. The Balaban J connectivity index is 1.64. The van der Waals surface area contributed by atoms with Crippen molar-refractivity contribution in [2.45, 2.75) is 124 Å². The van der Waals surface area contributed by atoms with Gasteiger partial charge in [-0.25, -0.2) is 8.42 Å². The Morgan fingerprint density at radius 2 is 1.13 bits per heavy atom. The molecule has 2 aromatic rings. The normalized spacial score (nSPS) is 20.7. The van der Waals surface area contributed by atoms with Crippen LogP contribution in [0.25, 0.3) is 0 Å². The molecule has 0 heterocycles. The lowest BCUT2D eigenvalue weighted by atomic mass is 9.76. The van der Waals surface area contributed by atoms with Crippen LogP contribution in [0.5, 0.6) is 5.75 Å². The SMILES string of the molecule is O=S(=O)([O-])c1ccc(OS(=O)(=O)c2c(C3CCCCC3)cc(C3CCCCC3)cc2C2CCCCC2)c(I)c1. The van der Waals surface area contributed by atoms with Crippen molar-refractivity contribution in [3.8, 4) is 5.75 Å². The maximum Gasteiger partial charge on any atom is 0.339 e. The van der Waals surface area contributed by atoms with Gasteiger partial charge in [-0.15, -0.1) is 0 Å². The van der Waals surface area contributed by atoms with E-state index in [2.05, 4.69) is 12.1 Å². The van der Waals surface area contributed by atoms with Crippen LogP contribution in [-0.2, 0) is 20.2 Å². The third-order valence-electron chi connectivity index (χ3n) is 8.98. The molecule has 0 amide bonds. The van der Waals surface area contributed by atoms with Crippen LogP contribution in [0.4, 0.5) is 0 Å². The highest BCUT2D eigenvalue weighted by Crippen LogP contribution is 2.46. The lowest BCUT2D eigenvalue weighted by Crippen LogP contribution is -2.21. The predicted octanol–water partition coefficient (Wildman–Crippen LogP) is 8.11. The summed E-state index contributed by atoms with van der Waals surface area (Å²) < 4.78 is 69.0. The first-order valence-electron chi connectivity index (χ1n) is 14.5. The third-order valence-corrected chi connectivity index (χ3v) is 12.0. The van der Waals surface area contributed by atoms with Gasteiger partial charge in [-0.1, -0.05) is 69.9 Å². The van der Waals surface area contributed by atoms with Gasteiger partial charge in [0.25, 0.3) is 0 Å². The van der Waals surface area contributed by atoms with Gasteiger partial charge in [-0.2, -0.15) is 8.42 Å². The van der Waals surface area contributed by atoms with Gasteiger partial charge < -0.3 is 8.74 Å². The van der Waals surface area contributed by atoms with Gasteiger partial charge in [0.15, 0.2) is 5.75 Å². The summed E-state index contributed by atoms with van der Waals surface area (Å²) in [4.78, 5) is -0.0588. The minimum Gasteiger partial charge on any atom is -0.744 e. The number of hydrogen-bond acceptors (Lipinski definition) is 6. The van der Waals surface area contributed by atoms with Crippen LogP contribution in [0.15, 0.2) is 40.1 Å². The van der Waals surface area contributed by atoms with Crippen LogP contribution in [0.3, 0.4) is 0 Å². The Morgan fingerprint density at radius 1 is 0.667 bits per heavy atom. The summed E-state index contributed by atoms with van der Waals surface area (Å²) in [7, 11) is -8.88. The fourth-order valence-corrected chi connectivity index (χ4v) is 9.93. The topological polar surface area (TPSA) is 101 Å². The van der Waals surface area contributed by atoms with Gasteiger partial charge in [0.1, 0.15) is 15.0 Å². The smallest absolute Gasteiger partial charge is 0.339 e. The molecule has 0 saturated heterocycles. The molecule has 0 spiro atoms. The Kier molecular flexibility index (Phi) is 9.30. The van der Waals surface area contributed by atoms with Crippen molar-refractivity contribution >= 4 is 42.8 Å². The molecule has 3 aliphatic carbocycles. The number of rotatable bonds is 7. The van der Waals surface area contributed by atoms with Crippen LogP contribution >= 0.6 is 22.6 Å². The maximum absolute atomic E-state index is 14.2. The van der Waals surface area contributed by atoms with Gasteiger partial charge in [-0.3, -0.25) is 0 Å². The molecule has 214 valence electrons. The monoisotopic (exact) mass is 685 g/mol. The molecule has 3 fully saturated rings. The molecule has 9 heteroatoms. The molecule has 0 aromatic heterocycles. The average Bonchev–Trinajstić information content (AvgIpc) is 2.94. The second-order valence-electron chi connectivity index (χ2n) is 11.6. The summed E-state index contributed by atoms with van der Waals surface area (Å²) in [5, 5.41) is 0. The first kappa shape index (κ1) is 29.3. The van der Waals surface area contributed by atoms with Gasteiger partial charge in [0.2, 0.25) is 0 Å². The summed E-state index contributed by atoms with van der Waals surface area (Å²) in [5.41, 5.74) is 3.15. The van der Waals surface area contributed by atoms with Gasteiger partial charge >= 0.3 is 10.1 Å². The van der Waals surface area contributed by atoms with Crippen LogP contribution in [0.1, 0.15) is 131 Å². The summed E-state index contributed by atoms with van der Waals surface area (Å²) >= 11 is 1.83. The quantitative estimate of drug-likeness (QED) is 0.166. The summed E-state index contributed by atoms with van der Waals surface area (Å²) in [6.45, 7) is 0. The molecule has 0 unspecified atom stereocenters. The molecule has 0 N–H and O–H groups in total. The number of benzene rings is 2. The van der Waals surface area contributed by atoms with E-state index in [0.717, 1.165) is 81.4 Å². The van der Waals surface area contributed by atoms with Crippen LogP contribution < -0.4 is 4.18 Å². The van der Waals surface area contributed by atoms with Crippen LogP contribution in [-0.4, -0.2) is 21.4 Å². The first-order chi connectivity index (χ1) is 18.6. The second kappa shape index (κ2) is 12.4. The van der Waals surface area contributed by atoms with E-state index in [-0.39, 0.29) is 21.2 Å². The van der Waals surface area contributed by atoms with E-state index in [4.69, 9.17) is 4.18 Å². The van der Waals surface area contributed by atoms with E-state index in [0.29, 0.717) is 10.8 Å². The number of halogens is 1. The van der Waals surface area contributed by atoms with Crippen molar-refractivity contribution in [2.75, 3.05) is 0 Å². The largest absolute Gasteiger partial charge is 0.744 e. The third kappa shape index (κ3) is 6.84. The molecule has 3 saturated carbocycles. The standard InChI is InChI=1S/C30H39IO6S2/c31-28-20-25(38(32,33)34)16-17-29(28)37-39(35,36)30-26(22-12-6-2-7-13-22)18-24(21-10-4-1-5-11-21)19-27(30)23-14-8-3-9-15-23/h16-23H,1-15H2,(H,32,33,34)/p-1. The van der Waals surface area contributed by atoms with Crippen LogP contribution in [0, 0.1) is 3.57 Å². The molecule has 39 heavy (non-hydrogen) atoms. The zero-order chi connectivity index (χ0) is 27.6. The Bertz CT molecular complexity index is 1350. The van der Waals surface area contributed by atoms with E-state index >= 15 is 0 Å². The molecule has 2 aromatic carbocycles. The molecular weight excluding hydrogens is 647 g/mol. The first-order valence-corrected chi connectivity index (χ1v) is 18.4. The van der Waals surface area contributed by atoms with E-state index < -0.39 is 25.1 Å². The van der Waals surface area contributed by atoms with Gasteiger partial charge in [0.05, 0.1) is 8.47 Å². The second-order valence-corrected chi connectivity index (χ2v) is 15.6. The van der Waals surface area contributed by atoms with Crippen molar-refractivity contribution in [3.05, 3.63) is 50.6 Å². The zero-order valence-electron chi connectivity index (χ0n) is 22.4. The Hall–Kier alpha value is -1.17. The highest BCUT2D eigenvalue weighted by molar-refractivity contribution is 14.1. The minimum atomic E-state index is -4.66. The van der Waals surface area contributed by atoms with E-state index in [1.54, 1.807) is 0 Å². The molecule has 3 aliphatic rings. The van der Waals surface area contributed by atoms with E-state index in [1.165, 1.54) is 49.8 Å². The lowest BCUT2D eigenvalue weighted by Gasteiger charge is -2.32. The lowest BCUT2D eigenvalue weighted by molar-refractivity contribution is 0.414. The van der Waals surface area contributed by atoms with E-state index in [1.807, 2.05) is 22.6 Å². The highest BCUT2D eigenvalue weighted by Gasteiger charge is 2.34. The number of hydrogen-bond donors (Lipinski definition) is 0. The average molecular weight is 686 g/mol. The molecule has 0 atom stereocenters. The summed E-state index contributed by atoms with van der Waals surface area (Å²) in [6, 6.07) is 7.97. The Labute approximate surface area is 247 Å². The molecule has 6 nitrogen and oxygen atoms in total. The minimum absolute atomic E-state index is 0.0449. The predicted molar refractivity (Wildman–Crippen MR) is 159 cm³/mol. The fourth-order valence-electron chi connectivity index (χ4n) is 6.96. The van der Waals surface area contributed by atoms with Crippen molar-refractivity contribution in [1.29, 1.82) is 0 Å². The molecule has 0 bridgehead atoms. The summed E-state index contributed by atoms with van der Waals surface area (Å²) in [5.74, 6) is 0.891. The highest BCUT2D eigenvalue weighted by atomic mass is 127. The van der Waals surface area contributed by atoms with Crippen molar-refractivity contribution in [1.82, 2.24) is 0 Å². The molecule has 0 radical (unpaired) electrons. The van der Waals surface area contributed by atoms with Crippen molar-refractivity contribution < 1.29 is 25.6 Å². The van der Waals surface area contributed by atoms with Gasteiger partial charge in [-0.05, 0) is 114 Å². The zero-order valence-corrected chi connectivity index (χ0v) is 26.2. The van der Waals surface area contributed by atoms with Crippen molar-refractivity contribution in [2.24, 2.45) is 0 Å². The van der Waals surface area contributed by atoms with E-state index in [9.17, 15) is 21.4 Å².